The molecular weight excluding hydrogens is 366 g/mol. The van der Waals surface area contributed by atoms with Crippen molar-refractivity contribution in [2.75, 3.05) is 6.61 Å². The third-order valence-corrected chi connectivity index (χ3v) is 5.33. The smallest absolute Gasteiger partial charge is 0.295 e. The molecule has 0 aromatic heterocycles. The van der Waals surface area contributed by atoms with Crippen molar-refractivity contribution in [1.29, 1.82) is 0 Å². The van der Waals surface area contributed by atoms with Gasteiger partial charge in [0.1, 0.15) is 10.6 Å². The number of rotatable bonds is 7. The molecule has 0 unspecified atom stereocenters. The zero-order valence-corrected chi connectivity index (χ0v) is 15.2. The van der Waals surface area contributed by atoms with Crippen LogP contribution in [-0.4, -0.2) is 28.0 Å². The van der Waals surface area contributed by atoms with Crippen LogP contribution in [0.5, 0.6) is 5.75 Å². The molecule has 0 atom stereocenters. The number of primary sulfonamides is 1. The zero-order valence-electron chi connectivity index (χ0n) is 13.5. The molecule has 7 nitrogen and oxygen atoms in total. The predicted molar refractivity (Wildman–Crippen MR) is 93.5 cm³/mol. The summed E-state index contributed by atoms with van der Waals surface area (Å²) in [6.07, 6.45) is 1.67. The fourth-order valence-electron chi connectivity index (χ4n) is 2.35. The van der Waals surface area contributed by atoms with Crippen LogP contribution >= 0.6 is 0 Å². The van der Waals surface area contributed by atoms with Crippen LogP contribution in [0.1, 0.15) is 19.8 Å². The van der Waals surface area contributed by atoms with Gasteiger partial charge in [0.2, 0.25) is 10.0 Å². The van der Waals surface area contributed by atoms with Gasteiger partial charge in [-0.05, 0) is 24.6 Å². The van der Waals surface area contributed by atoms with Gasteiger partial charge in [0, 0.05) is 11.1 Å². The normalized spacial score (nSPS) is 12.1. The van der Waals surface area contributed by atoms with Gasteiger partial charge in [0.05, 0.1) is 11.5 Å². The predicted octanol–water partition coefficient (Wildman–Crippen LogP) is 2.43. The van der Waals surface area contributed by atoms with Gasteiger partial charge in [-0.1, -0.05) is 37.6 Å². The molecule has 0 fully saturated rings. The average molecular weight is 385 g/mol. The Morgan fingerprint density at radius 2 is 1.64 bits per heavy atom. The maximum absolute atomic E-state index is 11.9. The zero-order chi connectivity index (χ0) is 18.7. The van der Waals surface area contributed by atoms with E-state index in [1.807, 2.05) is 6.92 Å². The molecule has 0 saturated carbocycles. The van der Waals surface area contributed by atoms with Gasteiger partial charge >= 0.3 is 0 Å². The van der Waals surface area contributed by atoms with Gasteiger partial charge in [-0.2, -0.15) is 8.42 Å². The lowest BCUT2D eigenvalue weighted by atomic mass is 10.0. The maximum atomic E-state index is 11.9. The number of benzene rings is 2. The molecule has 2 rings (SSSR count). The van der Waals surface area contributed by atoms with Gasteiger partial charge in [-0.25, -0.2) is 13.6 Å². The standard InChI is InChI=1S/C16H19NO6S2/c1-2-3-11-23-13-8-5-4-7-12(13)16-14(24(17,18)19)9-6-10-15(16)25(20,21)22/h4-10H,2-3,11H2,1H3,(H2,17,18,19)(H,20,21,22). The van der Waals surface area contributed by atoms with Crippen molar-refractivity contribution in [1.82, 2.24) is 0 Å². The molecule has 9 heteroatoms. The fourth-order valence-corrected chi connectivity index (χ4v) is 3.92. The summed E-state index contributed by atoms with van der Waals surface area (Å²) in [6, 6.07) is 9.89. The van der Waals surface area contributed by atoms with Gasteiger partial charge in [-0.3, -0.25) is 4.55 Å². The van der Waals surface area contributed by atoms with Crippen LogP contribution in [0, 0.1) is 0 Å². The Balaban J connectivity index is 2.78. The molecule has 0 spiro atoms. The Bertz CT molecular complexity index is 918. The molecule has 3 N–H and O–H groups in total. The first-order valence-electron chi connectivity index (χ1n) is 7.51. The lowest BCUT2D eigenvalue weighted by molar-refractivity contribution is 0.310. The van der Waals surface area contributed by atoms with Crippen LogP contribution in [0.4, 0.5) is 0 Å². The number of para-hydroxylation sites is 1. The molecule has 0 saturated heterocycles. The first-order chi connectivity index (χ1) is 11.7. The van der Waals surface area contributed by atoms with Crippen molar-refractivity contribution in [3.05, 3.63) is 42.5 Å². The molecule has 0 radical (unpaired) electrons. The lowest BCUT2D eigenvalue weighted by Crippen LogP contribution is -2.15. The van der Waals surface area contributed by atoms with E-state index in [1.54, 1.807) is 18.2 Å². The highest BCUT2D eigenvalue weighted by Gasteiger charge is 2.26. The molecule has 0 amide bonds. The van der Waals surface area contributed by atoms with Crippen LogP contribution < -0.4 is 9.88 Å². The molecule has 0 bridgehead atoms. The van der Waals surface area contributed by atoms with E-state index < -0.39 is 29.9 Å². The molecule has 0 aliphatic heterocycles. The van der Waals surface area contributed by atoms with Crippen molar-refractivity contribution in [3.63, 3.8) is 0 Å². The van der Waals surface area contributed by atoms with Crippen molar-refractivity contribution < 1.29 is 26.1 Å². The van der Waals surface area contributed by atoms with E-state index in [1.165, 1.54) is 18.2 Å². The summed E-state index contributed by atoms with van der Waals surface area (Å²) >= 11 is 0. The van der Waals surface area contributed by atoms with E-state index in [-0.39, 0.29) is 11.1 Å². The van der Waals surface area contributed by atoms with Gasteiger partial charge in [-0.15, -0.1) is 0 Å². The second-order valence-electron chi connectivity index (χ2n) is 5.35. The number of unbranched alkanes of at least 4 members (excludes halogenated alkanes) is 1. The second kappa shape index (κ2) is 7.52. The van der Waals surface area contributed by atoms with E-state index in [0.717, 1.165) is 18.9 Å². The molecule has 0 aliphatic carbocycles. The minimum Gasteiger partial charge on any atom is -0.493 e. The van der Waals surface area contributed by atoms with Crippen LogP contribution in [0.25, 0.3) is 11.1 Å². The highest BCUT2D eigenvalue weighted by atomic mass is 32.2. The SMILES string of the molecule is CCCCOc1ccccc1-c1c(S(N)(=O)=O)cccc1S(=O)(=O)O. The quantitative estimate of drug-likeness (QED) is 0.557. The average Bonchev–Trinajstić information content (AvgIpc) is 2.53. The summed E-state index contributed by atoms with van der Waals surface area (Å²) in [7, 11) is -8.92. The van der Waals surface area contributed by atoms with Crippen molar-refractivity contribution in [2.45, 2.75) is 29.6 Å². The molecular formula is C16H19NO6S2. The number of sulfonamides is 1. The third-order valence-electron chi connectivity index (χ3n) is 3.48. The van der Waals surface area contributed by atoms with Crippen molar-refractivity contribution >= 4 is 20.1 Å². The summed E-state index contributed by atoms with van der Waals surface area (Å²) in [5.74, 6) is 0.303. The number of hydrogen-bond acceptors (Lipinski definition) is 5. The fraction of sp³-hybridized carbons (Fsp3) is 0.250. The van der Waals surface area contributed by atoms with Gasteiger partial charge in [0.15, 0.2) is 0 Å². The van der Waals surface area contributed by atoms with Crippen LogP contribution in [0.2, 0.25) is 0 Å². The molecule has 2 aromatic rings. The third kappa shape index (κ3) is 4.57. The Labute approximate surface area is 147 Å². The summed E-state index contributed by atoms with van der Waals surface area (Å²) < 4.78 is 62.6. The van der Waals surface area contributed by atoms with Gasteiger partial charge < -0.3 is 4.74 Å². The first kappa shape index (κ1) is 19.4. The summed E-state index contributed by atoms with van der Waals surface area (Å²) in [5.41, 5.74) is 0.00968. The van der Waals surface area contributed by atoms with Crippen molar-refractivity contribution in [3.8, 4) is 16.9 Å². The van der Waals surface area contributed by atoms with Crippen molar-refractivity contribution in [2.24, 2.45) is 5.14 Å². The Morgan fingerprint density at radius 1 is 1.00 bits per heavy atom. The Morgan fingerprint density at radius 3 is 2.24 bits per heavy atom. The largest absolute Gasteiger partial charge is 0.493 e. The Kier molecular flexibility index (Phi) is 5.83. The van der Waals surface area contributed by atoms with Crippen LogP contribution in [0.15, 0.2) is 52.3 Å². The molecule has 25 heavy (non-hydrogen) atoms. The number of hydrogen-bond donors (Lipinski definition) is 2. The highest BCUT2D eigenvalue weighted by Crippen LogP contribution is 2.38. The summed E-state index contributed by atoms with van der Waals surface area (Å²) in [6.45, 7) is 2.37. The number of nitrogens with two attached hydrogens (primary N) is 1. The minimum absolute atomic E-state index is 0.209. The number of ether oxygens (including phenoxy) is 1. The van der Waals surface area contributed by atoms with E-state index >= 15 is 0 Å². The second-order valence-corrected chi connectivity index (χ2v) is 8.27. The van der Waals surface area contributed by atoms with E-state index in [4.69, 9.17) is 9.88 Å². The monoisotopic (exact) mass is 385 g/mol. The maximum Gasteiger partial charge on any atom is 0.295 e. The Hall–Kier alpha value is -1.94. The highest BCUT2D eigenvalue weighted by molar-refractivity contribution is 7.89. The minimum atomic E-state index is -4.68. The summed E-state index contributed by atoms with van der Waals surface area (Å²) in [4.78, 5) is -0.959. The lowest BCUT2D eigenvalue weighted by Gasteiger charge is -2.16. The van der Waals surface area contributed by atoms with E-state index in [2.05, 4.69) is 0 Å². The van der Waals surface area contributed by atoms with Gasteiger partial charge in [0.25, 0.3) is 10.1 Å². The summed E-state index contributed by atoms with van der Waals surface area (Å²) in [5, 5.41) is 5.23. The first-order valence-corrected chi connectivity index (χ1v) is 10.5. The molecule has 0 heterocycles. The topological polar surface area (TPSA) is 124 Å². The van der Waals surface area contributed by atoms with Crippen LogP contribution in [-0.2, 0) is 20.1 Å². The van der Waals surface area contributed by atoms with E-state index in [9.17, 15) is 21.4 Å². The molecule has 0 aliphatic rings. The molecule has 136 valence electrons. The molecule has 2 aromatic carbocycles. The van der Waals surface area contributed by atoms with E-state index in [0.29, 0.717) is 12.4 Å². The van der Waals surface area contributed by atoms with Crippen LogP contribution in [0.3, 0.4) is 0 Å².